The molecular weight excluding hydrogens is 395 g/mol. The fourth-order valence-corrected chi connectivity index (χ4v) is 3.62. The quantitative estimate of drug-likeness (QED) is 0.470. The Balaban J connectivity index is 1.41. The van der Waals surface area contributed by atoms with E-state index in [-0.39, 0.29) is 5.91 Å². The predicted molar refractivity (Wildman–Crippen MR) is 113 cm³/mol. The van der Waals surface area contributed by atoms with Gasteiger partial charge in [0.25, 0.3) is 5.91 Å². The van der Waals surface area contributed by atoms with E-state index in [1.807, 2.05) is 43.3 Å². The number of nitrogens with one attached hydrogen (secondary N) is 3. The van der Waals surface area contributed by atoms with Crippen LogP contribution in [-0.2, 0) is 11.3 Å². The van der Waals surface area contributed by atoms with E-state index in [1.165, 1.54) is 10.5 Å². The molecule has 1 fully saturated rings. The molecule has 0 unspecified atom stereocenters. The molecule has 5 nitrogen and oxygen atoms in total. The van der Waals surface area contributed by atoms with Gasteiger partial charge in [-0.15, -0.1) is 0 Å². The third-order valence-corrected chi connectivity index (χ3v) is 5.56. The molecule has 0 spiro atoms. The highest BCUT2D eigenvalue weighted by atomic mass is 35.5. The van der Waals surface area contributed by atoms with E-state index in [1.54, 1.807) is 4.90 Å². The van der Waals surface area contributed by atoms with Crippen molar-refractivity contribution in [1.29, 1.82) is 0 Å². The van der Waals surface area contributed by atoms with Crippen molar-refractivity contribution in [3.05, 3.63) is 69.7 Å². The summed E-state index contributed by atoms with van der Waals surface area (Å²) in [5.41, 5.74) is 5.68. The summed E-state index contributed by atoms with van der Waals surface area (Å²) in [5.74, 6) is -0.0514. The molecule has 3 N–H and O–H groups in total. The van der Waals surface area contributed by atoms with Gasteiger partial charge in [0, 0.05) is 15.6 Å². The number of benzene rings is 2. The van der Waals surface area contributed by atoms with Crippen molar-refractivity contribution >= 4 is 34.8 Å². The topological polar surface area (TPSA) is 50.3 Å². The molecule has 0 bridgehead atoms. The molecule has 0 radical (unpaired) electrons. The van der Waals surface area contributed by atoms with E-state index >= 15 is 0 Å². The molecule has 0 aliphatic carbocycles. The van der Waals surface area contributed by atoms with Gasteiger partial charge in [0.15, 0.2) is 6.54 Å². The van der Waals surface area contributed by atoms with Gasteiger partial charge in [-0.1, -0.05) is 47.5 Å². The zero-order valence-corrected chi connectivity index (χ0v) is 17.5. The summed E-state index contributed by atoms with van der Waals surface area (Å²) in [6.45, 7) is 7.39. The molecule has 28 heavy (non-hydrogen) atoms. The number of carbonyl (C=O) groups is 1. The molecule has 0 atom stereocenters. The number of rotatable bonds is 6. The van der Waals surface area contributed by atoms with Gasteiger partial charge in [-0.05, 0) is 36.8 Å². The molecule has 1 aliphatic rings. The molecule has 7 heteroatoms. The van der Waals surface area contributed by atoms with Crippen LogP contribution in [0.3, 0.4) is 0 Å². The van der Waals surface area contributed by atoms with Crippen molar-refractivity contribution < 1.29 is 14.6 Å². The van der Waals surface area contributed by atoms with E-state index in [0.717, 1.165) is 49.0 Å². The van der Waals surface area contributed by atoms with Crippen LogP contribution >= 0.6 is 23.2 Å². The fourth-order valence-electron chi connectivity index (χ4n) is 3.37. The van der Waals surface area contributed by atoms with Gasteiger partial charge in [0.1, 0.15) is 32.7 Å². The summed E-state index contributed by atoms with van der Waals surface area (Å²) < 4.78 is 0. The van der Waals surface area contributed by atoms with Gasteiger partial charge in [0.05, 0.1) is 5.71 Å². The summed E-state index contributed by atoms with van der Waals surface area (Å²) in [6, 6.07) is 15.5. The molecule has 3 rings (SSSR count). The van der Waals surface area contributed by atoms with Crippen LogP contribution in [0.1, 0.15) is 18.1 Å². The van der Waals surface area contributed by atoms with Crippen LogP contribution in [0.25, 0.3) is 0 Å². The minimum Gasteiger partial charge on any atom is -0.322 e. The third-order valence-electron chi connectivity index (χ3n) is 5.05. The summed E-state index contributed by atoms with van der Waals surface area (Å²) in [7, 11) is 0. The maximum absolute atomic E-state index is 12.2. The van der Waals surface area contributed by atoms with Gasteiger partial charge in [-0.25, -0.2) is 5.43 Å². The molecule has 2 aromatic rings. The second kappa shape index (κ2) is 10.0. The molecule has 1 saturated heterocycles. The molecule has 1 heterocycles. The third kappa shape index (κ3) is 6.31. The molecule has 0 saturated carbocycles. The summed E-state index contributed by atoms with van der Waals surface area (Å²) in [6.07, 6.45) is 0. The largest absolute Gasteiger partial charge is 0.322 e. The second-order valence-corrected chi connectivity index (χ2v) is 8.09. The van der Waals surface area contributed by atoms with Gasteiger partial charge in [0.2, 0.25) is 0 Å². The van der Waals surface area contributed by atoms with E-state index in [9.17, 15) is 4.79 Å². The monoisotopic (exact) mass is 420 g/mol. The summed E-state index contributed by atoms with van der Waals surface area (Å²) in [4.78, 5) is 15.1. The number of hydrazone groups is 1. The Kier molecular flexibility index (Phi) is 7.45. The Hall–Kier alpha value is -1.92. The lowest BCUT2D eigenvalue weighted by Crippen LogP contribution is -3.28. The number of carbonyl (C=O) groups excluding carboxylic acids is 1. The van der Waals surface area contributed by atoms with Crippen LogP contribution in [0.2, 0.25) is 10.0 Å². The highest BCUT2D eigenvalue weighted by molar-refractivity contribution is 6.30. The van der Waals surface area contributed by atoms with Gasteiger partial charge in [-0.2, -0.15) is 5.10 Å². The smallest absolute Gasteiger partial charge is 0.295 e. The first-order chi connectivity index (χ1) is 13.5. The van der Waals surface area contributed by atoms with Crippen molar-refractivity contribution in [2.24, 2.45) is 5.10 Å². The minimum atomic E-state index is -0.0514. The van der Waals surface area contributed by atoms with Crippen LogP contribution in [0.5, 0.6) is 0 Å². The maximum Gasteiger partial charge on any atom is 0.295 e. The van der Waals surface area contributed by atoms with Gasteiger partial charge >= 0.3 is 0 Å². The van der Waals surface area contributed by atoms with Gasteiger partial charge in [-0.3, -0.25) is 4.79 Å². The molecule has 0 aromatic heterocycles. The first-order valence-electron chi connectivity index (χ1n) is 9.50. The SMILES string of the molecule is C/C(=N/NC(=O)C[NH+]1CC[NH+](Cc2ccc(Cl)cc2)CC1)c1ccc(Cl)cc1. The van der Waals surface area contributed by atoms with Gasteiger partial charge < -0.3 is 9.80 Å². The maximum atomic E-state index is 12.2. The molecular formula is C21H26Cl2N4O+2. The number of amides is 1. The van der Waals surface area contributed by atoms with Crippen molar-refractivity contribution in [1.82, 2.24) is 5.43 Å². The summed E-state index contributed by atoms with van der Waals surface area (Å²) >= 11 is 11.8. The average Bonchev–Trinajstić information content (AvgIpc) is 2.70. The van der Waals surface area contributed by atoms with E-state index in [2.05, 4.69) is 22.7 Å². The van der Waals surface area contributed by atoms with Crippen LogP contribution < -0.4 is 15.2 Å². The standard InChI is InChI=1S/C21H24Cl2N4O/c1-16(18-4-8-20(23)9-5-18)24-25-21(28)15-27-12-10-26(11-13-27)14-17-2-6-19(22)7-3-17/h2-9H,10-15H2,1H3,(H,25,28)/p+2/b24-16-. The number of nitrogens with zero attached hydrogens (tertiary/aromatic N) is 1. The normalized spacial score (nSPS) is 20.0. The Labute approximate surface area is 175 Å². The van der Waals surface area contributed by atoms with Crippen molar-refractivity contribution in [2.75, 3.05) is 32.7 Å². The highest BCUT2D eigenvalue weighted by Crippen LogP contribution is 2.10. The van der Waals surface area contributed by atoms with Crippen molar-refractivity contribution in [2.45, 2.75) is 13.5 Å². The minimum absolute atomic E-state index is 0.0514. The molecule has 1 aliphatic heterocycles. The first kappa shape index (κ1) is 20.8. The Bertz CT molecular complexity index is 813. The number of hydrogen-bond acceptors (Lipinski definition) is 2. The van der Waals surface area contributed by atoms with E-state index in [4.69, 9.17) is 23.2 Å². The van der Waals surface area contributed by atoms with Crippen LogP contribution in [0, 0.1) is 0 Å². The average molecular weight is 421 g/mol. The molecule has 1 amide bonds. The second-order valence-electron chi connectivity index (χ2n) is 7.22. The van der Waals surface area contributed by atoms with Crippen LogP contribution in [-0.4, -0.2) is 44.3 Å². The lowest BCUT2D eigenvalue weighted by molar-refractivity contribution is -1.02. The van der Waals surface area contributed by atoms with Crippen molar-refractivity contribution in [3.8, 4) is 0 Å². The lowest BCUT2D eigenvalue weighted by Gasteiger charge is -2.29. The summed E-state index contributed by atoms with van der Waals surface area (Å²) in [5, 5.41) is 5.67. The Morgan fingerprint density at radius 1 is 0.929 bits per heavy atom. The number of halogens is 2. The predicted octanol–water partition coefficient (Wildman–Crippen LogP) is 0.817. The zero-order valence-electron chi connectivity index (χ0n) is 16.0. The van der Waals surface area contributed by atoms with Crippen LogP contribution in [0.4, 0.5) is 0 Å². The fraction of sp³-hybridized carbons (Fsp3) is 0.333. The molecule has 2 aromatic carbocycles. The van der Waals surface area contributed by atoms with Crippen LogP contribution in [0.15, 0.2) is 53.6 Å². The highest BCUT2D eigenvalue weighted by Gasteiger charge is 2.24. The number of piperazine rings is 1. The lowest BCUT2D eigenvalue weighted by atomic mass is 10.1. The van der Waals surface area contributed by atoms with E-state index in [0.29, 0.717) is 11.6 Å². The first-order valence-corrected chi connectivity index (χ1v) is 10.3. The Morgan fingerprint density at radius 2 is 1.46 bits per heavy atom. The van der Waals surface area contributed by atoms with Crippen molar-refractivity contribution in [3.63, 3.8) is 0 Å². The Morgan fingerprint density at radius 3 is 2.07 bits per heavy atom. The number of hydrogen-bond donors (Lipinski definition) is 3. The number of quaternary nitrogens is 2. The molecule has 148 valence electrons. The zero-order chi connectivity index (χ0) is 19.9. The van der Waals surface area contributed by atoms with E-state index < -0.39 is 0 Å².